The van der Waals surface area contributed by atoms with E-state index < -0.39 is 29.6 Å². The van der Waals surface area contributed by atoms with Crippen LogP contribution in [0.5, 0.6) is 0 Å². The second-order valence-electron chi connectivity index (χ2n) is 4.61. The number of piperazine rings is 1. The number of nitrogens with zero attached hydrogens (tertiary/aromatic N) is 1. The van der Waals surface area contributed by atoms with Gasteiger partial charge < -0.3 is 4.90 Å². The van der Waals surface area contributed by atoms with E-state index in [1.165, 1.54) is 13.0 Å². The number of anilines is 1. The van der Waals surface area contributed by atoms with Crippen LogP contribution >= 0.6 is 0 Å². The first-order valence-corrected chi connectivity index (χ1v) is 6.01. The Morgan fingerprint density at radius 1 is 1.33 bits per heavy atom. The zero-order valence-electron chi connectivity index (χ0n) is 10.9. The van der Waals surface area contributed by atoms with Gasteiger partial charge >= 0.3 is 6.18 Å². The Bertz CT molecular complexity index is 613. The minimum Gasteiger partial charge on any atom is -0.350 e. The molecule has 1 aliphatic heterocycles. The molecule has 1 fully saturated rings. The van der Waals surface area contributed by atoms with Gasteiger partial charge in [0.15, 0.2) is 0 Å². The van der Waals surface area contributed by atoms with Crippen LogP contribution in [0.25, 0.3) is 0 Å². The lowest BCUT2D eigenvalue weighted by Gasteiger charge is -2.35. The predicted octanol–water partition coefficient (Wildman–Crippen LogP) is 1.37. The van der Waals surface area contributed by atoms with Crippen molar-refractivity contribution in [2.75, 3.05) is 11.4 Å². The third-order valence-corrected chi connectivity index (χ3v) is 3.20. The molecule has 0 saturated carbocycles. The van der Waals surface area contributed by atoms with E-state index in [4.69, 9.17) is 0 Å². The zero-order valence-corrected chi connectivity index (χ0v) is 10.9. The van der Waals surface area contributed by atoms with Crippen LogP contribution < -0.4 is 10.2 Å². The van der Waals surface area contributed by atoms with Crippen LogP contribution in [0.3, 0.4) is 0 Å². The highest BCUT2D eigenvalue weighted by Gasteiger charge is 2.39. The van der Waals surface area contributed by atoms with Gasteiger partial charge in [0.25, 0.3) is 0 Å². The Morgan fingerprint density at radius 2 is 2.00 bits per heavy atom. The molecule has 1 aromatic carbocycles. The molecule has 0 spiro atoms. The van der Waals surface area contributed by atoms with E-state index in [1.54, 1.807) is 0 Å². The number of carbonyl (C=O) groups excluding carboxylic acids is 3. The van der Waals surface area contributed by atoms with Gasteiger partial charge in [-0.05, 0) is 25.1 Å². The van der Waals surface area contributed by atoms with Crippen LogP contribution in [0.1, 0.15) is 22.8 Å². The largest absolute Gasteiger partial charge is 0.418 e. The minimum absolute atomic E-state index is 0.133. The first kappa shape index (κ1) is 15.0. The number of rotatable bonds is 2. The molecule has 2 amide bonds. The molecule has 1 saturated heterocycles. The van der Waals surface area contributed by atoms with Gasteiger partial charge in [-0.1, -0.05) is 0 Å². The van der Waals surface area contributed by atoms with Gasteiger partial charge in [0.05, 0.1) is 17.8 Å². The number of hydrogen-bond donors (Lipinski definition) is 1. The van der Waals surface area contributed by atoms with Crippen molar-refractivity contribution in [2.24, 2.45) is 0 Å². The minimum atomic E-state index is -4.70. The van der Waals surface area contributed by atoms with Gasteiger partial charge in [0, 0.05) is 5.56 Å². The van der Waals surface area contributed by atoms with Crippen LogP contribution in [-0.4, -0.2) is 30.7 Å². The Labute approximate surface area is 117 Å². The Balaban J connectivity index is 2.54. The molecule has 2 rings (SSSR count). The molecule has 1 aliphatic rings. The molecule has 1 heterocycles. The number of halogens is 3. The monoisotopic (exact) mass is 300 g/mol. The van der Waals surface area contributed by atoms with E-state index in [0.29, 0.717) is 12.4 Å². The number of carbonyl (C=O) groups is 3. The number of amides is 2. The number of aldehydes is 1. The van der Waals surface area contributed by atoms with Crippen molar-refractivity contribution in [3.05, 3.63) is 29.3 Å². The van der Waals surface area contributed by atoms with Gasteiger partial charge in [-0.3, -0.25) is 19.7 Å². The van der Waals surface area contributed by atoms with Crippen molar-refractivity contribution in [1.82, 2.24) is 5.32 Å². The summed E-state index contributed by atoms with van der Waals surface area (Å²) in [4.78, 5) is 34.6. The fourth-order valence-electron chi connectivity index (χ4n) is 2.11. The van der Waals surface area contributed by atoms with E-state index in [-0.39, 0.29) is 17.8 Å². The summed E-state index contributed by atoms with van der Waals surface area (Å²) >= 11 is 0. The van der Waals surface area contributed by atoms with Crippen LogP contribution in [0.15, 0.2) is 18.2 Å². The lowest BCUT2D eigenvalue weighted by Crippen LogP contribution is -2.57. The second-order valence-corrected chi connectivity index (χ2v) is 4.61. The van der Waals surface area contributed by atoms with Crippen molar-refractivity contribution in [2.45, 2.75) is 19.1 Å². The maximum absolute atomic E-state index is 13.1. The molecule has 1 unspecified atom stereocenters. The summed E-state index contributed by atoms with van der Waals surface area (Å²) in [5.74, 6) is -1.34. The average Bonchev–Trinajstić information content (AvgIpc) is 2.41. The number of benzene rings is 1. The van der Waals surface area contributed by atoms with Crippen LogP contribution in [0, 0.1) is 0 Å². The average molecular weight is 300 g/mol. The molecule has 1 N–H and O–H groups in total. The molecular weight excluding hydrogens is 289 g/mol. The quantitative estimate of drug-likeness (QED) is 0.662. The summed E-state index contributed by atoms with van der Waals surface area (Å²) in [6, 6.07) is 2.08. The maximum atomic E-state index is 13.1. The van der Waals surface area contributed by atoms with Crippen molar-refractivity contribution in [3.63, 3.8) is 0 Å². The second kappa shape index (κ2) is 5.19. The molecule has 0 bridgehead atoms. The van der Waals surface area contributed by atoms with Crippen molar-refractivity contribution >= 4 is 23.8 Å². The van der Waals surface area contributed by atoms with E-state index in [0.717, 1.165) is 11.0 Å². The van der Waals surface area contributed by atoms with Crippen molar-refractivity contribution in [1.29, 1.82) is 0 Å². The van der Waals surface area contributed by atoms with Gasteiger partial charge in [-0.25, -0.2) is 0 Å². The van der Waals surface area contributed by atoms with Gasteiger partial charge in [0.1, 0.15) is 12.3 Å². The molecule has 1 atom stereocenters. The molecule has 21 heavy (non-hydrogen) atoms. The highest BCUT2D eigenvalue weighted by atomic mass is 19.4. The Morgan fingerprint density at radius 3 is 2.57 bits per heavy atom. The standard InChI is InChI=1S/C13H11F3N2O3/c1-7-12(21)17-11(20)5-18(7)10-3-2-8(6-19)4-9(10)13(14,15)16/h2-4,6-7H,5H2,1H3,(H,17,20,21). The molecule has 112 valence electrons. The molecule has 0 aromatic heterocycles. The topological polar surface area (TPSA) is 66.5 Å². The fraction of sp³-hybridized carbons (Fsp3) is 0.308. The van der Waals surface area contributed by atoms with Crippen molar-refractivity contribution in [3.8, 4) is 0 Å². The molecular formula is C13H11F3N2O3. The lowest BCUT2D eigenvalue weighted by molar-refractivity contribution is -0.138. The van der Waals surface area contributed by atoms with Gasteiger partial charge in [0.2, 0.25) is 11.8 Å². The highest BCUT2D eigenvalue weighted by Crippen LogP contribution is 2.38. The predicted molar refractivity (Wildman–Crippen MR) is 66.8 cm³/mol. The van der Waals surface area contributed by atoms with Crippen LogP contribution in [0.2, 0.25) is 0 Å². The Kier molecular flexibility index (Phi) is 3.71. The van der Waals surface area contributed by atoms with Crippen LogP contribution in [0.4, 0.5) is 18.9 Å². The highest BCUT2D eigenvalue weighted by molar-refractivity contribution is 6.04. The summed E-state index contributed by atoms with van der Waals surface area (Å²) < 4.78 is 39.3. The number of imide groups is 1. The first-order valence-electron chi connectivity index (χ1n) is 6.01. The normalized spacial score (nSPS) is 19.4. The molecule has 8 heteroatoms. The Hall–Kier alpha value is -2.38. The SMILES string of the molecule is CC1C(=O)NC(=O)CN1c1ccc(C=O)cc1C(F)(F)F. The number of nitrogens with one attached hydrogen (secondary N) is 1. The number of alkyl halides is 3. The summed E-state index contributed by atoms with van der Waals surface area (Å²) in [5.41, 5.74) is -1.49. The summed E-state index contributed by atoms with van der Waals surface area (Å²) in [6.07, 6.45) is -4.40. The summed E-state index contributed by atoms with van der Waals surface area (Å²) in [7, 11) is 0. The molecule has 0 radical (unpaired) electrons. The van der Waals surface area contributed by atoms with Crippen molar-refractivity contribution < 1.29 is 27.6 Å². The van der Waals surface area contributed by atoms with Gasteiger partial charge in [-0.2, -0.15) is 13.2 Å². The smallest absolute Gasteiger partial charge is 0.350 e. The fourth-order valence-corrected chi connectivity index (χ4v) is 2.11. The third-order valence-electron chi connectivity index (χ3n) is 3.20. The van der Waals surface area contributed by atoms with E-state index in [9.17, 15) is 27.6 Å². The maximum Gasteiger partial charge on any atom is 0.418 e. The zero-order chi connectivity index (χ0) is 15.8. The number of hydrogen-bond acceptors (Lipinski definition) is 4. The van der Waals surface area contributed by atoms with E-state index in [2.05, 4.69) is 5.32 Å². The first-order chi connectivity index (χ1) is 9.74. The summed E-state index contributed by atoms with van der Waals surface area (Å²) in [6.45, 7) is 1.03. The lowest BCUT2D eigenvalue weighted by atomic mass is 10.0. The van der Waals surface area contributed by atoms with Crippen LogP contribution in [-0.2, 0) is 15.8 Å². The third kappa shape index (κ3) is 2.88. The van der Waals surface area contributed by atoms with E-state index >= 15 is 0 Å². The summed E-state index contributed by atoms with van der Waals surface area (Å²) in [5, 5.41) is 2.05. The molecule has 0 aliphatic carbocycles. The molecule has 5 nitrogen and oxygen atoms in total. The molecule has 1 aromatic rings. The van der Waals surface area contributed by atoms with Gasteiger partial charge in [-0.15, -0.1) is 0 Å². The van der Waals surface area contributed by atoms with E-state index in [1.807, 2.05) is 0 Å².